The zero-order valence-electron chi connectivity index (χ0n) is 8.41. The van der Waals surface area contributed by atoms with Gasteiger partial charge in [-0.05, 0) is 20.8 Å². The first-order chi connectivity index (χ1) is 6.16. The highest BCUT2D eigenvalue weighted by molar-refractivity contribution is 5.21. The van der Waals surface area contributed by atoms with Gasteiger partial charge in [-0.1, -0.05) is 0 Å². The van der Waals surface area contributed by atoms with Gasteiger partial charge < -0.3 is 0 Å². The third-order valence-electron chi connectivity index (χ3n) is 2.53. The molecule has 1 aliphatic heterocycles. The van der Waals surface area contributed by atoms with E-state index < -0.39 is 0 Å². The Labute approximate surface area is 78.8 Å². The lowest BCUT2D eigenvalue weighted by atomic mass is 10.3. The summed E-state index contributed by atoms with van der Waals surface area (Å²) < 4.78 is 0. The third-order valence-corrected chi connectivity index (χ3v) is 2.53. The minimum atomic E-state index is 0.592. The van der Waals surface area contributed by atoms with Gasteiger partial charge in [0, 0.05) is 30.9 Å². The van der Waals surface area contributed by atoms with Gasteiger partial charge in [-0.3, -0.25) is 4.90 Å². The molecule has 13 heavy (non-hydrogen) atoms. The van der Waals surface area contributed by atoms with E-state index in [4.69, 9.17) is 0 Å². The number of aromatic nitrogens is 2. The van der Waals surface area contributed by atoms with Gasteiger partial charge in [-0.2, -0.15) is 0 Å². The van der Waals surface area contributed by atoms with Crippen LogP contribution >= 0.6 is 0 Å². The lowest BCUT2D eigenvalue weighted by molar-refractivity contribution is 0.226. The first-order valence-electron chi connectivity index (χ1n) is 4.72. The normalized spacial score (nSPS) is 16.6. The fourth-order valence-electron chi connectivity index (χ4n) is 1.64. The third kappa shape index (κ3) is 1.56. The average molecular weight is 177 g/mol. The molecular weight excluding hydrogens is 162 g/mol. The molecule has 0 fully saturated rings. The molecule has 0 unspecified atom stereocenters. The van der Waals surface area contributed by atoms with Crippen LogP contribution in [0.25, 0.3) is 0 Å². The van der Waals surface area contributed by atoms with E-state index in [1.54, 1.807) is 0 Å². The maximum Gasteiger partial charge on any atom is 0.125 e. The van der Waals surface area contributed by atoms with Crippen LogP contribution in [0.4, 0.5) is 0 Å². The standard InChI is InChI=1S/C10H15N3/c1-7(2)13-5-9-4-11-8(3)12-10(9)6-13/h4,7H,5-6H2,1-3H3. The maximum atomic E-state index is 4.43. The molecule has 0 N–H and O–H groups in total. The molecule has 0 saturated heterocycles. The highest BCUT2D eigenvalue weighted by Crippen LogP contribution is 2.21. The molecule has 1 aliphatic rings. The first-order valence-corrected chi connectivity index (χ1v) is 4.72. The molecule has 0 amide bonds. The number of aryl methyl sites for hydroxylation is 1. The van der Waals surface area contributed by atoms with Crippen LogP contribution in [-0.4, -0.2) is 20.9 Å². The van der Waals surface area contributed by atoms with Crippen molar-refractivity contribution in [2.45, 2.75) is 39.9 Å². The molecule has 70 valence electrons. The van der Waals surface area contributed by atoms with Gasteiger partial charge in [0.05, 0.1) is 5.69 Å². The maximum absolute atomic E-state index is 4.43. The van der Waals surface area contributed by atoms with Crippen molar-refractivity contribution in [3.05, 3.63) is 23.3 Å². The van der Waals surface area contributed by atoms with Gasteiger partial charge in [-0.25, -0.2) is 9.97 Å². The Bertz CT molecular complexity index is 320. The summed E-state index contributed by atoms with van der Waals surface area (Å²) in [7, 11) is 0. The lowest BCUT2D eigenvalue weighted by Crippen LogP contribution is -2.24. The van der Waals surface area contributed by atoms with E-state index in [1.807, 2.05) is 13.1 Å². The van der Waals surface area contributed by atoms with Crippen LogP contribution in [0.1, 0.15) is 30.9 Å². The highest BCUT2D eigenvalue weighted by Gasteiger charge is 2.22. The number of rotatable bonds is 1. The zero-order valence-corrected chi connectivity index (χ0v) is 8.41. The number of hydrogen-bond donors (Lipinski definition) is 0. The second kappa shape index (κ2) is 3.07. The average Bonchev–Trinajstić information content (AvgIpc) is 2.46. The van der Waals surface area contributed by atoms with E-state index in [-0.39, 0.29) is 0 Å². The second-order valence-electron chi connectivity index (χ2n) is 3.89. The highest BCUT2D eigenvalue weighted by atomic mass is 15.2. The van der Waals surface area contributed by atoms with Crippen molar-refractivity contribution in [3.63, 3.8) is 0 Å². The molecule has 3 heteroatoms. The fourth-order valence-corrected chi connectivity index (χ4v) is 1.64. The quantitative estimate of drug-likeness (QED) is 0.651. The molecule has 3 nitrogen and oxygen atoms in total. The predicted molar refractivity (Wildman–Crippen MR) is 51.2 cm³/mol. The van der Waals surface area contributed by atoms with Gasteiger partial charge in [0.2, 0.25) is 0 Å². The molecule has 0 aromatic carbocycles. The van der Waals surface area contributed by atoms with E-state index in [2.05, 4.69) is 28.7 Å². The summed E-state index contributed by atoms with van der Waals surface area (Å²) in [6.45, 7) is 8.36. The minimum absolute atomic E-state index is 0.592. The van der Waals surface area contributed by atoms with Crippen LogP contribution < -0.4 is 0 Å². The molecule has 2 rings (SSSR count). The SMILES string of the molecule is Cc1ncc2c(n1)CN(C(C)C)C2. The molecule has 0 atom stereocenters. The molecule has 1 aromatic rings. The molecule has 1 aromatic heterocycles. The van der Waals surface area contributed by atoms with Gasteiger partial charge in [0.25, 0.3) is 0 Å². The van der Waals surface area contributed by atoms with Crippen molar-refractivity contribution in [1.82, 2.24) is 14.9 Å². The lowest BCUT2D eigenvalue weighted by Gasteiger charge is -2.18. The van der Waals surface area contributed by atoms with E-state index in [1.165, 1.54) is 11.3 Å². The van der Waals surface area contributed by atoms with Crippen molar-refractivity contribution in [3.8, 4) is 0 Å². The first kappa shape index (κ1) is 8.63. The van der Waals surface area contributed by atoms with Crippen molar-refractivity contribution in [2.75, 3.05) is 0 Å². The number of hydrogen-bond acceptors (Lipinski definition) is 3. The Morgan fingerprint density at radius 2 is 2.15 bits per heavy atom. The Balaban J connectivity index is 2.25. The Hall–Kier alpha value is -0.960. The van der Waals surface area contributed by atoms with Crippen molar-refractivity contribution in [2.24, 2.45) is 0 Å². The molecule has 0 aliphatic carbocycles. The number of fused-ring (bicyclic) bond motifs is 1. The Morgan fingerprint density at radius 1 is 1.38 bits per heavy atom. The van der Waals surface area contributed by atoms with Crippen molar-refractivity contribution < 1.29 is 0 Å². The summed E-state index contributed by atoms with van der Waals surface area (Å²) in [4.78, 5) is 11.0. The largest absolute Gasteiger partial charge is 0.291 e. The summed E-state index contributed by atoms with van der Waals surface area (Å²) >= 11 is 0. The van der Waals surface area contributed by atoms with E-state index in [9.17, 15) is 0 Å². The molecule has 0 bridgehead atoms. The zero-order chi connectivity index (χ0) is 9.42. The molecule has 0 radical (unpaired) electrons. The Morgan fingerprint density at radius 3 is 2.85 bits per heavy atom. The van der Waals surface area contributed by atoms with Crippen LogP contribution in [0, 0.1) is 6.92 Å². The second-order valence-corrected chi connectivity index (χ2v) is 3.89. The van der Waals surface area contributed by atoms with Crippen LogP contribution in [0.5, 0.6) is 0 Å². The topological polar surface area (TPSA) is 29.0 Å². The van der Waals surface area contributed by atoms with Gasteiger partial charge in [0.15, 0.2) is 0 Å². The van der Waals surface area contributed by atoms with E-state index in [0.717, 1.165) is 18.9 Å². The summed E-state index contributed by atoms with van der Waals surface area (Å²) in [6, 6.07) is 0.592. The van der Waals surface area contributed by atoms with Gasteiger partial charge >= 0.3 is 0 Å². The molecule has 0 spiro atoms. The van der Waals surface area contributed by atoms with Crippen molar-refractivity contribution >= 4 is 0 Å². The smallest absolute Gasteiger partial charge is 0.125 e. The van der Waals surface area contributed by atoms with Crippen LogP contribution in [0.2, 0.25) is 0 Å². The Kier molecular flexibility index (Phi) is 2.04. The van der Waals surface area contributed by atoms with E-state index in [0.29, 0.717) is 6.04 Å². The van der Waals surface area contributed by atoms with Crippen molar-refractivity contribution in [1.29, 1.82) is 0 Å². The molecule has 2 heterocycles. The van der Waals surface area contributed by atoms with Crippen LogP contribution in [-0.2, 0) is 13.1 Å². The predicted octanol–water partition coefficient (Wildman–Crippen LogP) is 1.51. The summed E-state index contributed by atoms with van der Waals surface area (Å²) in [5.74, 6) is 0.879. The number of nitrogens with zero attached hydrogens (tertiary/aromatic N) is 3. The monoisotopic (exact) mass is 177 g/mol. The van der Waals surface area contributed by atoms with E-state index >= 15 is 0 Å². The summed E-state index contributed by atoms with van der Waals surface area (Å²) in [6.07, 6.45) is 1.96. The van der Waals surface area contributed by atoms with Gasteiger partial charge in [-0.15, -0.1) is 0 Å². The molecule has 0 saturated carbocycles. The fraction of sp³-hybridized carbons (Fsp3) is 0.600. The summed E-state index contributed by atoms with van der Waals surface area (Å²) in [5.41, 5.74) is 2.50. The minimum Gasteiger partial charge on any atom is -0.291 e. The molecular formula is C10H15N3. The van der Waals surface area contributed by atoms with Crippen LogP contribution in [0.3, 0.4) is 0 Å². The summed E-state index contributed by atoms with van der Waals surface area (Å²) in [5, 5.41) is 0. The van der Waals surface area contributed by atoms with Gasteiger partial charge in [0.1, 0.15) is 5.82 Å². The van der Waals surface area contributed by atoms with Crippen LogP contribution in [0.15, 0.2) is 6.20 Å².